The summed E-state index contributed by atoms with van der Waals surface area (Å²) in [6, 6.07) is 10.0. The Morgan fingerprint density at radius 1 is 1.36 bits per heavy atom. The van der Waals surface area contributed by atoms with Crippen molar-refractivity contribution >= 4 is 16.8 Å². The van der Waals surface area contributed by atoms with Gasteiger partial charge in [-0.3, -0.25) is 4.79 Å². The Bertz CT molecular complexity index is 977. The van der Waals surface area contributed by atoms with E-state index in [-0.39, 0.29) is 5.56 Å². The zero-order valence-corrected chi connectivity index (χ0v) is 13.6. The highest BCUT2D eigenvalue weighted by atomic mass is 19.1. The van der Waals surface area contributed by atoms with Crippen molar-refractivity contribution in [2.24, 2.45) is 5.73 Å². The highest BCUT2D eigenvalue weighted by Crippen LogP contribution is 2.25. The third-order valence-corrected chi connectivity index (χ3v) is 4.55. The predicted molar refractivity (Wildman–Crippen MR) is 94.4 cm³/mol. The number of halogens is 1. The Labute approximate surface area is 146 Å². The second-order valence-corrected chi connectivity index (χ2v) is 6.26. The van der Waals surface area contributed by atoms with E-state index in [0.29, 0.717) is 17.4 Å². The van der Waals surface area contributed by atoms with Gasteiger partial charge in [0.25, 0.3) is 5.91 Å². The van der Waals surface area contributed by atoms with E-state index in [4.69, 9.17) is 7.10 Å². The lowest BCUT2D eigenvalue weighted by molar-refractivity contribution is 0.100. The van der Waals surface area contributed by atoms with Crippen LogP contribution in [0.15, 0.2) is 42.6 Å². The molecular weight excluding hydrogens is 319 g/mol. The van der Waals surface area contributed by atoms with Crippen LogP contribution in [0.1, 0.15) is 36.0 Å². The molecule has 6 heteroatoms. The van der Waals surface area contributed by atoms with Gasteiger partial charge in [0.1, 0.15) is 11.3 Å². The summed E-state index contributed by atoms with van der Waals surface area (Å²) in [6.07, 6.45) is 3.47. The van der Waals surface area contributed by atoms with E-state index in [1.165, 1.54) is 6.07 Å². The molecule has 0 radical (unpaired) electrons. The lowest BCUT2D eigenvalue weighted by atomic mass is 9.92. The molecule has 1 aliphatic rings. The Hall–Kier alpha value is -2.73. The molecule has 25 heavy (non-hydrogen) atoms. The average molecular weight is 339 g/mol. The number of carbonyl (C=O) groups is 1. The molecule has 0 bridgehead atoms. The first-order valence-electron chi connectivity index (χ1n) is 8.77. The molecule has 3 N–H and O–H groups in total. The quantitative estimate of drug-likeness (QED) is 0.771. The fraction of sp³-hybridized carbons (Fsp3) is 0.263. The van der Waals surface area contributed by atoms with Crippen molar-refractivity contribution in [2.45, 2.75) is 18.7 Å². The van der Waals surface area contributed by atoms with Gasteiger partial charge in [0, 0.05) is 19.5 Å². The normalized spacial score (nSPS) is 21.2. The maximum Gasteiger partial charge on any atom is 0.251 e. The minimum absolute atomic E-state index is 0.0637. The van der Waals surface area contributed by atoms with Gasteiger partial charge in [0.15, 0.2) is 0 Å². The largest absolute Gasteiger partial charge is 0.366 e. The molecule has 1 fully saturated rings. The molecular formula is C19H19FN4O. The minimum Gasteiger partial charge on any atom is -0.366 e. The van der Waals surface area contributed by atoms with Crippen molar-refractivity contribution in [3.63, 3.8) is 0 Å². The summed E-state index contributed by atoms with van der Waals surface area (Å²) in [4.78, 5) is 11.5. The molecule has 128 valence electrons. The van der Waals surface area contributed by atoms with E-state index in [2.05, 4.69) is 10.4 Å². The molecule has 1 aliphatic heterocycles. The maximum absolute atomic E-state index is 13.7. The van der Waals surface area contributed by atoms with Gasteiger partial charge in [-0.2, -0.15) is 5.10 Å². The summed E-state index contributed by atoms with van der Waals surface area (Å²) in [5.74, 6) is -1.85. The summed E-state index contributed by atoms with van der Waals surface area (Å²) >= 11 is 0. The van der Waals surface area contributed by atoms with E-state index in [0.717, 1.165) is 36.7 Å². The summed E-state index contributed by atoms with van der Waals surface area (Å²) < 4.78 is 23.9. The number of nitrogens with one attached hydrogen (secondary N) is 1. The number of aromatic nitrogens is 2. The van der Waals surface area contributed by atoms with E-state index in [1.807, 2.05) is 24.3 Å². The van der Waals surface area contributed by atoms with Crippen LogP contribution in [0.25, 0.3) is 16.6 Å². The summed E-state index contributed by atoms with van der Waals surface area (Å²) in [6.45, 7) is 1.59. The number of piperidine rings is 1. The van der Waals surface area contributed by atoms with Crippen molar-refractivity contribution < 1.29 is 10.6 Å². The summed E-state index contributed by atoms with van der Waals surface area (Å²) in [5.41, 5.74) is 7.49. The van der Waals surface area contributed by atoms with Crippen molar-refractivity contribution in [1.82, 2.24) is 15.1 Å². The van der Waals surface area contributed by atoms with Crippen LogP contribution in [-0.4, -0.2) is 28.8 Å². The summed E-state index contributed by atoms with van der Waals surface area (Å²) in [7, 11) is 0. The Balaban J connectivity index is 1.72. The lowest BCUT2D eigenvalue weighted by Gasteiger charge is -2.23. The summed E-state index contributed by atoms with van der Waals surface area (Å²) in [5, 5.41) is 8.18. The average Bonchev–Trinajstić information content (AvgIpc) is 3.05. The van der Waals surface area contributed by atoms with Gasteiger partial charge >= 0.3 is 0 Å². The molecule has 0 aliphatic carbocycles. The first-order valence-corrected chi connectivity index (χ1v) is 8.27. The van der Waals surface area contributed by atoms with E-state index in [9.17, 15) is 9.18 Å². The minimum atomic E-state index is -0.712. The third-order valence-electron chi connectivity index (χ3n) is 4.55. The van der Waals surface area contributed by atoms with Crippen LogP contribution in [0.2, 0.25) is 0 Å². The molecule has 3 aromatic rings. The molecule has 0 spiro atoms. The molecule has 5 nitrogen and oxygen atoms in total. The number of rotatable bonds is 3. The molecule has 0 saturated carbocycles. The SMILES string of the molecule is [2H][C@]1(c2ccc(-n3cc4cc(F)cc(C(N)=O)c4n3)cc2)CCCNC1. The van der Waals surface area contributed by atoms with Crippen LogP contribution < -0.4 is 11.1 Å². The number of primary amides is 1. The molecule has 0 unspecified atom stereocenters. The molecule has 2 aromatic carbocycles. The van der Waals surface area contributed by atoms with Gasteiger partial charge in [-0.05, 0) is 55.1 Å². The molecule has 1 amide bonds. The van der Waals surface area contributed by atoms with Gasteiger partial charge in [0.2, 0.25) is 0 Å². The van der Waals surface area contributed by atoms with Crippen LogP contribution in [0.4, 0.5) is 4.39 Å². The fourth-order valence-corrected chi connectivity index (χ4v) is 3.27. The van der Waals surface area contributed by atoms with E-state index >= 15 is 0 Å². The van der Waals surface area contributed by atoms with Gasteiger partial charge < -0.3 is 11.1 Å². The lowest BCUT2D eigenvalue weighted by Crippen LogP contribution is -2.28. The van der Waals surface area contributed by atoms with Crippen molar-refractivity contribution in [3.05, 3.63) is 59.5 Å². The van der Waals surface area contributed by atoms with Crippen LogP contribution >= 0.6 is 0 Å². The Morgan fingerprint density at radius 2 is 2.16 bits per heavy atom. The van der Waals surface area contributed by atoms with Gasteiger partial charge in [-0.15, -0.1) is 0 Å². The zero-order chi connectivity index (χ0) is 18.3. The molecule has 2 heterocycles. The number of hydrogen-bond donors (Lipinski definition) is 2. The third kappa shape index (κ3) is 3.00. The monoisotopic (exact) mass is 339 g/mol. The Morgan fingerprint density at radius 3 is 2.84 bits per heavy atom. The van der Waals surface area contributed by atoms with Crippen molar-refractivity contribution in [3.8, 4) is 5.69 Å². The van der Waals surface area contributed by atoms with Crippen LogP contribution in [0.5, 0.6) is 0 Å². The van der Waals surface area contributed by atoms with E-state index in [1.54, 1.807) is 10.9 Å². The smallest absolute Gasteiger partial charge is 0.251 e. The van der Waals surface area contributed by atoms with E-state index < -0.39 is 17.6 Å². The number of amides is 1. The molecule has 1 saturated heterocycles. The van der Waals surface area contributed by atoms with Crippen molar-refractivity contribution in [2.75, 3.05) is 13.1 Å². The van der Waals surface area contributed by atoms with Gasteiger partial charge in [-0.1, -0.05) is 12.1 Å². The number of benzene rings is 2. The highest BCUT2D eigenvalue weighted by Gasteiger charge is 2.16. The maximum atomic E-state index is 13.7. The molecule has 1 aromatic heterocycles. The second kappa shape index (κ2) is 6.29. The standard InChI is InChI=1S/C19H19FN4O/c20-15-8-14-11-24(23-18(14)17(9-15)19(21)25)16-5-3-12(4-6-16)13-2-1-7-22-10-13/h3-6,8-9,11,13,22H,1-2,7,10H2,(H2,21,25)/t13-/m0/s1/i13D. The number of nitrogens with two attached hydrogens (primary N) is 1. The van der Waals surface area contributed by atoms with Crippen LogP contribution in [-0.2, 0) is 0 Å². The number of hydrogen-bond acceptors (Lipinski definition) is 3. The number of fused-ring (bicyclic) bond motifs is 1. The first-order chi connectivity index (χ1) is 12.5. The van der Waals surface area contributed by atoms with Crippen LogP contribution in [0, 0.1) is 5.82 Å². The first kappa shape index (κ1) is 14.6. The van der Waals surface area contributed by atoms with Crippen molar-refractivity contribution in [1.29, 1.82) is 0 Å². The molecule has 1 atom stereocenters. The Kier molecular flexibility index (Phi) is 3.67. The van der Waals surface area contributed by atoms with Crippen LogP contribution in [0.3, 0.4) is 0 Å². The number of carbonyl (C=O) groups excluding carboxylic acids is 1. The molecule has 4 rings (SSSR count). The van der Waals surface area contributed by atoms with Gasteiger partial charge in [-0.25, -0.2) is 9.07 Å². The second-order valence-electron chi connectivity index (χ2n) is 6.26. The topological polar surface area (TPSA) is 72.9 Å². The fourth-order valence-electron chi connectivity index (χ4n) is 3.27. The highest BCUT2D eigenvalue weighted by molar-refractivity contribution is 6.04. The number of nitrogens with zero attached hydrogens (tertiary/aromatic N) is 2. The van der Waals surface area contributed by atoms with Gasteiger partial charge in [0.05, 0.1) is 11.3 Å². The zero-order valence-electron chi connectivity index (χ0n) is 14.6. The predicted octanol–water partition coefficient (Wildman–Crippen LogP) is 2.73.